The van der Waals surface area contributed by atoms with Gasteiger partial charge in [0.15, 0.2) is 0 Å². The molecule has 0 aromatic heterocycles. The lowest BCUT2D eigenvalue weighted by Crippen LogP contribution is -2.55. The Morgan fingerprint density at radius 3 is 2.47 bits per heavy atom. The number of carbonyl (C=O) groups is 2. The molecule has 1 heterocycles. The van der Waals surface area contributed by atoms with E-state index in [9.17, 15) is 9.59 Å². The topological polar surface area (TPSA) is 79.5 Å². The van der Waals surface area contributed by atoms with E-state index in [1.54, 1.807) is 7.11 Å². The van der Waals surface area contributed by atoms with Crippen LogP contribution in [0.15, 0.2) is 48.5 Å². The minimum Gasteiger partial charge on any atom is -0.496 e. The van der Waals surface area contributed by atoms with Crippen molar-refractivity contribution in [3.8, 4) is 5.75 Å². The minimum atomic E-state index is -0.601. The van der Waals surface area contributed by atoms with E-state index in [1.165, 1.54) is 11.1 Å². The fourth-order valence-electron chi connectivity index (χ4n) is 3.57. The molecule has 1 aliphatic rings. The van der Waals surface area contributed by atoms with Gasteiger partial charge in [-0.1, -0.05) is 56.3 Å². The van der Waals surface area contributed by atoms with Gasteiger partial charge in [0.25, 0.3) is 0 Å². The van der Waals surface area contributed by atoms with Crippen LogP contribution in [0.1, 0.15) is 30.5 Å². The van der Waals surface area contributed by atoms with Crippen LogP contribution in [0.3, 0.4) is 0 Å². The van der Waals surface area contributed by atoms with Gasteiger partial charge in [-0.2, -0.15) is 0 Å². The van der Waals surface area contributed by atoms with Crippen LogP contribution in [0.4, 0.5) is 0 Å². The van der Waals surface area contributed by atoms with E-state index < -0.39 is 6.04 Å². The number of ether oxygens (including phenoxy) is 1. The smallest absolute Gasteiger partial charge is 0.243 e. The molecule has 6 nitrogen and oxygen atoms in total. The lowest BCUT2D eigenvalue weighted by Gasteiger charge is -2.28. The molecule has 162 valence electrons. The van der Waals surface area contributed by atoms with Crippen LogP contribution in [0.2, 0.25) is 0 Å². The second-order valence-corrected chi connectivity index (χ2v) is 7.67. The van der Waals surface area contributed by atoms with E-state index in [0.29, 0.717) is 19.5 Å². The number of methoxy groups -OCH3 is 1. The van der Waals surface area contributed by atoms with Gasteiger partial charge in [0.05, 0.1) is 13.2 Å². The molecule has 0 unspecified atom stereocenters. The number of fused-ring (bicyclic) bond motifs is 1. The average molecular weight is 432 g/mol. The SMILES string of the molecule is COc1ccccc1CNC(=O)[C@@H](NC(=O)[C@@H]1Cc2ccccc2CN1)C(C)C.Cl. The van der Waals surface area contributed by atoms with Gasteiger partial charge >= 0.3 is 0 Å². The van der Waals surface area contributed by atoms with E-state index >= 15 is 0 Å². The zero-order valence-corrected chi connectivity index (χ0v) is 18.4. The molecule has 2 amide bonds. The summed E-state index contributed by atoms with van der Waals surface area (Å²) >= 11 is 0. The largest absolute Gasteiger partial charge is 0.496 e. The highest BCUT2D eigenvalue weighted by atomic mass is 35.5. The van der Waals surface area contributed by atoms with Crippen molar-refractivity contribution in [3.05, 3.63) is 65.2 Å². The number of rotatable bonds is 7. The first-order chi connectivity index (χ1) is 14.0. The lowest BCUT2D eigenvalue weighted by molar-refractivity contribution is -0.131. The van der Waals surface area contributed by atoms with Crippen LogP contribution in [-0.2, 0) is 29.1 Å². The molecular weight excluding hydrogens is 402 g/mol. The van der Waals surface area contributed by atoms with Crippen LogP contribution in [0.25, 0.3) is 0 Å². The van der Waals surface area contributed by atoms with Crippen molar-refractivity contribution < 1.29 is 14.3 Å². The molecule has 0 saturated heterocycles. The van der Waals surface area contributed by atoms with Gasteiger partial charge in [0, 0.05) is 18.7 Å². The predicted octanol–water partition coefficient (Wildman–Crippen LogP) is 2.59. The van der Waals surface area contributed by atoms with Crippen LogP contribution in [-0.4, -0.2) is 31.0 Å². The number of benzene rings is 2. The van der Waals surface area contributed by atoms with Gasteiger partial charge in [0.2, 0.25) is 11.8 Å². The quantitative estimate of drug-likeness (QED) is 0.629. The normalized spacial score (nSPS) is 16.1. The maximum atomic E-state index is 12.8. The number of nitrogens with one attached hydrogen (secondary N) is 3. The van der Waals surface area contributed by atoms with Crippen molar-refractivity contribution in [1.29, 1.82) is 0 Å². The summed E-state index contributed by atoms with van der Waals surface area (Å²) < 4.78 is 5.33. The first-order valence-electron chi connectivity index (χ1n) is 9.99. The van der Waals surface area contributed by atoms with Gasteiger partial charge in [-0.05, 0) is 29.5 Å². The molecule has 3 N–H and O–H groups in total. The van der Waals surface area contributed by atoms with Crippen LogP contribution < -0.4 is 20.7 Å². The van der Waals surface area contributed by atoms with Crippen LogP contribution >= 0.6 is 12.4 Å². The second kappa shape index (κ2) is 11.0. The van der Waals surface area contributed by atoms with Crippen molar-refractivity contribution in [2.24, 2.45) is 5.92 Å². The summed E-state index contributed by atoms with van der Waals surface area (Å²) in [6.45, 7) is 4.85. The van der Waals surface area contributed by atoms with Gasteiger partial charge in [0.1, 0.15) is 11.8 Å². The van der Waals surface area contributed by atoms with E-state index in [0.717, 1.165) is 11.3 Å². The standard InChI is InChI=1S/C23H29N3O3.ClH/c1-15(2)21(23(28)25-14-18-10-6-7-11-20(18)29-3)26-22(27)19-12-16-8-4-5-9-17(16)13-24-19;/h4-11,15,19,21,24H,12-14H2,1-3H3,(H,25,28)(H,26,27);1H/t19-,21-;/m0./s1. The number of halogens is 1. The van der Waals surface area contributed by atoms with Gasteiger partial charge in [-0.3, -0.25) is 9.59 Å². The van der Waals surface area contributed by atoms with Crippen molar-refractivity contribution in [2.45, 2.75) is 45.4 Å². The molecule has 1 aliphatic heterocycles. The second-order valence-electron chi connectivity index (χ2n) is 7.67. The molecule has 0 radical (unpaired) electrons. The summed E-state index contributed by atoms with van der Waals surface area (Å²) in [6.07, 6.45) is 0.621. The minimum absolute atomic E-state index is 0. The summed E-state index contributed by atoms with van der Waals surface area (Å²) in [5.41, 5.74) is 3.28. The highest BCUT2D eigenvalue weighted by Gasteiger charge is 2.29. The maximum Gasteiger partial charge on any atom is 0.243 e. The van der Waals surface area contributed by atoms with Gasteiger partial charge in [-0.25, -0.2) is 0 Å². The molecule has 0 fully saturated rings. The third-order valence-corrected chi connectivity index (χ3v) is 5.29. The molecule has 2 aromatic rings. The fraction of sp³-hybridized carbons (Fsp3) is 0.391. The highest BCUT2D eigenvalue weighted by Crippen LogP contribution is 2.18. The zero-order chi connectivity index (χ0) is 20.8. The van der Waals surface area contributed by atoms with E-state index in [4.69, 9.17) is 4.74 Å². The molecule has 2 aromatic carbocycles. The molecule has 0 bridgehead atoms. The Bertz CT molecular complexity index is 872. The number of hydrogen-bond donors (Lipinski definition) is 3. The summed E-state index contributed by atoms with van der Waals surface area (Å²) in [6, 6.07) is 14.7. The van der Waals surface area contributed by atoms with Crippen molar-refractivity contribution >= 4 is 24.2 Å². The summed E-state index contributed by atoms with van der Waals surface area (Å²) in [5, 5.41) is 9.13. The Balaban J connectivity index is 0.00000320. The number of hydrogen-bond acceptors (Lipinski definition) is 4. The lowest BCUT2D eigenvalue weighted by atomic mass is 9.94. The van der Waals surface area contributed by atoms with E-state index in [-0.39, 0.29) is 36.2 Å². The Labute approximate surface area is 184 Å². The highest BCUT2D eigenvalue weighted by molar-refractivity contribution is 5.90. The molecule has 30 heavy (non-hydrogen) atoms. The molecular formula is C23H30ClN3O3. The molecule has 7 heteroatoms. The molecule has 0 spiro atoms. The molecule has 0 aliphatic carbocycles. The Morgan fingerprint density at radius 1 is 1.10 bits per heavy atom. The van der Waals surface area contributed by atoms with Gasteiger partial charge < -0.3 is 20.7 Å². The number of para-hydroxylation sites is 1. The first-order valence-corrected chi connectivity index (χ1v) is 9.99. The molecule has 0 saturated carbocycles. The Kier molecular flexibility index (Phi) is 8.69. The van der Waals surface area contributed by atoms with E-state index in [1.807, 2.05) is 50.2 Å². The number of amides is 2. The van der Waals surface area contributed by atoms with Crippen molar-refractivity contribution in [3.63, 3.8) is 0 Å². The molecule has 3 rings (SSSR count). The summed E-state index contributed by atoms with van der Waals surface area (Å²) in [7, 11) is 1.60. The number of carbonyl (C=O) groups excluding carboxylic acids is 2. The van der Waals surface area contributed by atoms with Gasteiger partial charge in [-0.15, -0.1) is 12.4 Å². The third-order valence-electron chi connectivity index (χ3n) is 5.29. The van der Waals surface area contributed by atoms with Crippen molar-refractivity contribution in [1.82, 2.24) is 16.0 Å². The monoisotopic (exact) mass is 431 g/mol. The predicted molar refractivity (Wildman–Crippen MR) is 120 cm³/mol. The average Bonchev–Trinajstić information content (AvgIpc) is 2.75. The Hall–Kier alpha value is -2.57. The molecule has 2 atom stereocenters. The summed E-state index contributed by atoms with van der Waals surface area (Å²) in [5.74, 6) is 0.344. The maximum absolute atomic E-state index is 12.8. The summed E-state index contributed by atoms with van der Waals surface area (Å²) in [4.78, 5) is 25.6. The zero-order valence-electron chi connectivity index (χ0n) is 17.6. The van der Waals surface area contributed by atoms with Crippen LogP contribution in [0, 0.1) is 5.92 Å². The third kappa shape index (κ3) is 5.74. The van der Waals surface area contributed by atoms with E-state index in [2.05, 4.69) is 28.1 Å². The Morgan fingerprint density at radius 2 is 1.77 bits per heavy atom. The van der Waals surface area contributed by atoms with Crippen molar-refractivity contribution in [2.75, 3.05) is 7.11 Å². The van der Waals surface area contributed by atoms with Crippen LogP contribution in [0.5, 0.6) is 5.75 Å². The fourth-order valence-corrected chi connectivity index (χ4v) is 3.57. The first kappa shape index (κ1) is 23.7.